The van der Waals surface area contributed by atoms with Gasteiger partial charge in [-0.05, 0) is 5.92 Å². The van der Waals surface area contributed by atoms with E-state index in [-0.39, 0.29) is 6.10 Å². The summed E-state index contributed by atoms with van der Waals surface area (Å²) in [4.78, 5) is 4.27. The van der Waals surface area contributed by atoms with Gasteiger partial charge in [0.05, 0.1) is 6.10 Å². The van der Waals surface area contributed by atoms with Gasteiger partial charge in [0.1, 0.15) is 0 Å². The molecule has 3 rings (SSSR count). The standard InChI is InChI=1S/C11H13NO/c13-11-8-4-2-1-3-7(8)9-5-12-6-10(9)11/h1-5,7-11,13H,6H2/t7?,8?,9?,10?,11-/m0/s1. The van der Waals surface area contributed by atoms with Crippen LogP contribution in [0.25, 0.3) is 0 Å². The summed E-state index contributed by atoms with van der Waals surface area (Å²) in [5.41, 5.74) is 0. The Balaban J connectivity index is 1.99. The molecule has 13 heavy (non-hydrogen) atoms. The Morgan fingerprint density at radius 2 is 1.85 bits per heavy atom. The van der Waals surface area contributed by atoms with Crippen LogP contribution in [0, 0.1) is 23.7 Å². The molecule has 1 heterocycles. The Kier molecular flexibility index (Phi) is 1.47. The first-order chi connectivity index (χ1) is 6.38. The van der Waals surface area contributed by atoms with Crippen LogP contribution in [0.4, 0.5) is 0 Å². The molecule has 5 atom stereocenters. The molecule has 2 nitrogen and oxygen atoms in total. The summed E-state index contributed by atoms with van der Waals surface area (Å²) in [6, 6.07) is 0. The maximum Gasteiger partial charge on any atom is 0.0661 e. The number of allylic oxidation sites excluding steroid dienone is 3. The van der Waals surface area contributed by atoms with E-state index in [2.05, 4.69) is 23.2 Å². The van der Waals surface area contributed by atoms with Crippen LogP contribution < -0.4 is 0 Å². The van der Waals surface area contributed by atoms with E-state index >= 15 is 0 Å². The van der Waals surface area contributed by atoms with Crippen molar-refractivity contribution in [2.75, 3.05) is 6.54 Å². The first kappa shape index (κ1) is 7.51. The number of hydrogen-bond donors (Lipinski definition) is 1. The second kappa shape index (κ2) is 2.55. The highest BCUT2D eigenvalue weighted by molar-refractivity contribution is 5.66. The average molecular weight is 175 g/mol. The van der Waals surface area contributed by atoms with Crippen molar-refractivity contribution in [2.24, 2.45) is 28.7 Å². The lowest BCUT2D eigenvalue weighted by Crippen LogP contribution is -2.23. The van der Waals surface area contributed by atoms with Crippen LogP contribution in [-0.2, 0) is 0 Å². The van der Waals surface area contributed by atoms with Crippen molar-refractivity contribution in [3.05, 3.63) is 24.3 Å². The van der Waals surface area contributed by atoms with Crippen LogP contribution in [0.3, 0.4) is 0 Å². The van der Waals surface area contributed by atoms with Crippen LogP contribution in [0.5, 0.6) is 0 Å². The molecule has 0 bridgehead atoms. The Labute approximate surface area is 77.7 Å². The fourth-order valence-corrected chi connectivity index (χ4v) is 2.91. The third-order valence-corrected chi connectivity index (χ3v) is 3.59. The van der Waals surface area contributed by atoms with Gasteiger partial charge in [-0.3, -0.25) is 4.99 Å². The summed E-state index contributed by atoms with van der Waals surface area (Å²) >= 11 is 0. The van der Waals surface area contributed by atoms with Crippen LogP contribution in [0.2, 0.25) is 0 Å². The van der Waals surface area contributed by atoms with Crippen molar-refractivity contribution in [2.45, 2.75) is 6.10 Å². The van der Waals surface area contributed by atoms with E-state index in [1.54, 1.807) is 0 Å². The van der Waals surface area contributed by atoms with E-state index in [9.17, 15) is 5.11 Å². The monoisotopic (exact) mass is 175 g/mol. The number of fused-ring (bicyclic) bond motifs is 3. The van der Waals surface area contributed by atoms with Gasteiger partial charge in [0.15, 0.2) is 0 Å². The smallest absolute Gasteiger partial charge is 0.0661 e. The fraction of sp³-hybridized carbons (Fsp3) is 0.545. The largest absolute Gasteiger partial charge is 0.392 e. The molecule has 2 aliphatic carbocycles. The number of nitrogens with zero attached hydrogens (tertiary/aromatic N) is 1. The summed E-state index contributed by atoms with van der Waals surface area (Å²) in [5.74, 6) is 1.70. The molecule has 3 aliphatic rings. The second-order valence-electron chi connectivity index (χ2n) is 4.17. The second-order valence-corrected chi connectivity index (χ2v) is 4.17. The van der Waals surface area contributed by atoms with E-state index < -0.39 is 0 Å². The van der Waals surface area contributed by atoms with Crippen molar-refractivity contribution < 1.29 is 5.11 Å². The fourth-order valence-electron chi connectivity index (χ4n) is 2.91. The van der Waals surface area contributed by atoms with Crippen molar-refractivity contribution in [3.8, 4) is 0 Å². The van der Waals surface area contributed by atoms with Gasteiger partial charge >= 0.3 is 0 Å². The number of hydrogen-bond acceptors (Lipinski definition) is 2. The minimum absolute atomic E-state index is 0.182. The van der Waals surface area contributed by atoms with Crippen LogP contribution in [0.15, 0.2) is 29.3 Å². The van der Waals surface area contributed by atoms with Crippen LogP contribution in [0.1, 0.15) is 0 Å². The first-order valence-corrected chi connectivity index (χ1v) is 4.91. The summed E-state index contributed by atoms with van der Waals surface area (Å²) in [6.45, 7) is 0.820. The SMILES string of the molecule is O[C@H]1C2C=CC=CC2C2C=NCC21. The zero-order chi connectivity index (χ0) is 8.84. The topological polar surface area (TPSA) is 32.6 Å². The Morgan fingerprint density at radius 1 is 1.08 bits per heavy atom. The maximum atomic E-state index is 10.0. The van der Waals surface area contributed by atoms with Gasteiger partial charge in [0, 0.05) is 30.5 Å². The molecule has 0 amide bonds. The summed E-state index contributed by atoms with van der Waals surface area (Å²) in [6.07, 6.45) is 10.4. The molecule has 0 aromatic carbocycles. The predicted molar refractivity (Wildman–Crippen MR) is 51.6 cm³/mol. The molecule has 2 heteroatoms. The summed E-state index contributed by atoms with van der Waals surface area (Å²) in [7, 11) is 0. The van der Waals surface area contributed by atoms with Gasteiger partial charge in [0.25, 0.3) is 0 Å². The quantitative estimate of drug-likeness (QED) is 0.586. The Bertz CT molecular complexity index is 303. The number of rotatable bonds is 0. The molecule has 4 unspecified atom stereocenters. The molecule has 0 aromatic rings. The third-order valence-electron chi connectivity index (χ3n) is 3.59. The van der Waals surface area contributed by atoms with Gasteiger partial charge in [0.2, 0.25) is 0 Å². The van der Waals surface area contributed by atoms with Gasteiger partial charge in [-0.2, -0.15) is 0 Å². The van der Waals surface area contributed by atoms with Crippen molar-refractivity contribution in [3.63, 3.8) is 0 Å². The molecule has 1 saturated carbocycles. The molecule has 1 fully saturated rings. The molecule has 0 radical (unpaired) electrons. The molecule has 0 aromatic heterocycles. The van der Waals surface area contributed by atoms with Crippen molar-refractivity contribution in [1.29, 1.82) is 0 Å². The van der Waals surface area contributed by atoms with E-state index in [1.165, 1.54) is 0 Å². The minimum atomic E-state index is -0.182. The summed E-state index contributed by atoms with van der Waals surface area (Å²) < 4.78 is 0. The summed E-state index contributed by atoms with van der Waals surface area (Å²) in [5, 5.41) is 10.0. The lowest BCUT2D eigenvalue weighted by atomic mass is 9.86. The van der Waals surface area contributed by atoms with Crippen LogP contribution >= 0.6 is 0 Å². The van der Waals surface area contributed by atoms with Crippen molar-refractivity contribution in [1.82, 2.24) is 0 Å². The third kappa shape index (κ3) is 0.894. The van der Waals surface area contributed by atoms with E-state index in [0.29, 0.717) is 23.7 Å². The lowest BCUT2D eigenvalue weighted by molar-refractivity contribution is 0.107. The zero-order valence-electron chi connectivity index (χ0n) is 7.38. The van der Waals surface area contributed by atoms with Gasteiger partial charge < -0.3 is 5.11 Å². The van der Waals surface area contributed by atoms with Gasteiger partial charge in [-0.25, -0.2) is 0 Å². The van der Waals surface area contributed by atoms with Crippen molar-refractivity contribution >= 4 is 6.21 Å². The van der Waals surface area contributed by atoms with E-state index in [1.807, 2.05) is 12.3 Å². The van der Waals surface area contributed by atoms with Gasteiger partial charge in [-0.15, -0.1) is 0 Å². The Hall–Kier alpha value is -0.890. The first-order valence-electron chi connectivity index (χ1n) is 4.91. The highest BCUT2D eigenvalue weighted by Gasteiger charge is 2.48. The highest BCUT2D eigenvalue weighted by Crippen LogP contribution is 2.45. The molecule has 1 N–H and O–H groups in total. The molecular formula is C11H13NO. The number of aliphatic imine (C=N–C) groups is 1. The van der Waals surface area contributed by atoms with Crippen LogP contribution in [-0.4, -0.2) is 24.0 Å². The molecule has 68 valence electrons. The number of aliphatic hydroxyl groups is 1. The average Bonchev–Trinajstić information content (AvgIpc) is 2.72. The van der Waals surface area contributed by atoms with Gasteiger partial charge in [-0.1, -0.05) is 24.3 Å². The minimum Gasteiger partial charge on any atom is -0.392 e. The molecule has 0 spiro atoms. The van der Waals surface area contributed by atoms with E-state index in [0.717, 1.165) is 6.54 Å². The lowest BCUT2D eigenvalue weighted by Gasteiger charge is -2.19. The molecule has 1 aliphatic heterocycles. The zero-order valence-corrected chi connectivity index (χ0v) is 7.38. The molecular weight excluding hydrogens is 162 g/mol. The van der Waals surface area contributed by atoms with E-state index in [4.69, 9.17) is 0 Å². The number of aliphatic hydroxyl groups excluding tert-OH is 1. The maximum absolute atomic E-state index is 10.0. The normalized spacial score (nSPS) is 51.0. The Morgan fingerprint density at radius 3 is 2.69 bits per heavy atom. The predicted octanol–water partition coefficient (Wildman–Crippen LogP) is 1.04. The highest BCUT2D eigenvalue weighted by atomic mass is 16.3. The molecule has 0 saturated heterocycles.